The molecule has 0 aliphatic carbocycles. The molecule has 3 aromatic rings. The molecule has 1 aliphatic heterocycles. The average molecular weight is 627 g/mol. The maximum atomic E-state index is 12.1. The second kappa shape index (κ2) is 15.7. The Morgan fingerprint density at radius 2 is 1.41 bits per heavy atom. The molecule has 1 saturated heterocycles. The van der Waals surface area contributed by atoms with Crippen molar-refractivity contribution in [3.8, 4) is 0 Å². The van der Waals surface area contributed by atoms with Crippen molar-refractivity contribution < 1.29 is 33.1 Å². The molecule has 9 nitrogen and oxygen atoms in total. The molecule has 10 heteroatoms. The highest BCUT2D eigenvalue weighted by atomic mass is 32.2. The summed E-state index contributed by atoms with van der Waals surface area (Å²) in [5.74, 6) is -1.09. The van der Waals surface area contributed by atoms with E-state index < -0.39 is 33.2 Å². The van der Waals surface area contributed by atoms with E-state index in [0.29, 0.717) is 6.42 Å². The van der Waals surface area contributed by atoms with Crippen LogP contribution in [0, 0.1) is 5.92 Å². The lowest BCUT2D eigenvalue weighted by Crippen LogP contribution is -2.44. The Morgan fingerprint density at radius 3 is 1.82 bits per heavy atom. The number of nitrogens with two attached hydrogens (primary N) is 1. The van der Waals surface area contributed by atoms with Crippen molar-refractivity contribution in [3.63, 3.8) is 0 Å². The number of nitrogens with zero attached hydrogens (tertiary/aromatic N) is 1. The fourth-order valence-corrected chi connectivity index (χ4v) is 5.96. The Labute approximate surface area is 261 Å². The molecule has 1 unspecified atom stereocenters. The minimum atomic E-state index is -3.80. The van der Waals surface area contributed by atoms with Crippen molar-refractivity contribution in [3.05, 3.63) is 107 Å². The van der Waals surface area contributed by atoms with E-state index >= 15 is 0 Å². The van der Waals surface area contributed by atoms with E-state index in [-0.39, 0.29) is 18.2 Å². The first kappa shape index (κ1) is 35.4. The molecule has 0 amide bonds. The summed E-state index contributed by atoms with van der Waals surface area (Å²) >= 11 is 0. The van der Waals surface area contributed by atoms with Crippen LogP contribution in [0.3, 0.4) is 0 Å². The molecule has 3 aromatic carbocycles. The molecular weight excluding hydrogens is 580 g/mol. The van der Waals surface area contributed by atoms with Crippen LogP contribution < -0.4 is 5.73 Å². The maximum Gasteiger partial charge on any atom is 0.313 e. The summed E-state index contributed by atoms with van der Waals surface area (Å²) in [6.45, 7) is 6.08. The number of rotatable bonds is 12. The normalized spacial score (nSPS) is 15.7. The molecule has 44 heavy (non-hydrogen) atoms. The standard InChI is InChI=1S/C32H39NO4.C2H7NO3S/c1-31(2,30(35)36)25-17-15-24(16-18-25)29(34)14-9-21-33-22-19-28(20-23-33)32(37,26-10-5-3-6-11-26)27-12-7-4-8-13-27;3-1-2-7(4,5)6/h3-8,10-13,15-18,28-29,34,37H,9,14,19-23H2,1-2H3,(H,35,36);1-3H2,(H,4,5,6). The van der Waals surface area contributed by atoms with Gasteiger partial charge >= 0.3 is 5.97 Å². The second-order valence-corrected chi connectivity index (χ2v) is 13.5. The predicted octanol–water partition coefficient (Wildman–Crippen LogP) is 4.34. The van der Waals surface area contributed by atoms with E-state index in [1.54, 1.807) is 26.0 Å². The summed E-state index contributed by atoms with van der Waals surface area (Å²) in [4.78, 5) is 13.9. The number of aliphatic hydroxyl groups is 2. The van der Waals surface area contributed by atoms with Gasteiger partial charge in [0.2, 0.25) is 0 Å². The number of hydrogen-bond donors (Lipinski definition) is 5. The SMILES string of the molecule is CC(C)(C(=O)O)c1ccc(C(O)CCCN2CCC(C(O)(c3ccccc3)c3ccccc3)CC2)cc1.NCCS(=O)(=O)O. The Kier molecular flexibility index (Phi) is 12.7. The van der Waals surface area contributed by atoms with Gasteiger partial charge in [-0.2, -0.15) is 8.42 Å². The average Bonchev–Trinajstić information content (AvgIpc) is 3.01. The minimum Gasteiger partial charge on any atom is -0.481 e. The number of piperidine rings is 1. The van der Waals surface area contributed by atoms with Crippen molar-refractivity contribution >= 4 is 16.1 Å². The van der Waals surface area contributed by atoms with E-state index in [1.807, 2.05) is 72.8 Å². The summed E-state index contributed by atoms with van der Waals surface area (Å²) in [6.07, 6.45) is 2.77. The highest BCUT2D eigenvalue weighted by Gasteiger charge is 2.41. The van der Waals surface area contributed by atoms with Gasteiger partial charge in [-0.15, -0.1) is 0 Å². The van der Waals surface area contributed by atoms with E-state index in [4.69, 9.17) is 10.3 Å². The van der Waals surface area contributed by atoms with Gasteiger partial charge in [0.1, 0.15) is 5.60 Å². The van der Waals surface area contributed by atoms with Gasteiger partial charge in [0, 0.05) is 6.54 Å². The third kappa shape index (κ3) is 9.44. The quantitative estimate of drug-likeness (QED) is 0.184. The van der Waals surface area contributed by atoms with Crippen LogP contribution in [-0.2, 0) is 25.9 Å². The third-order valence-electron chi connectivity index (χ3n) is 8.49. The van der Waals surface area contributed by atoms with E-state index in [9.17, 15) is 28.5 Å². The number of carboxylic acid groups (broad SMARTS) is 1. The van der Waals surface area contributed by atoms with Gasteiger partial charge in [-0.05, 0) is 87.3 Å². The summed E-state index contributed by atoms with van der Waals surface area (Å²) in [6, 6.07) is 27.3. The zero-order valence-corrected chi connectivity index (χ0v) is 26.4. The van der Waals surface area contributed by atoms with E-state index in [0.717, 1.165) is 61.2 Å². The largest absolute Gasteiger partial charge is 0.481 e. The fraction of sp³-hybridized carbons (Fsp3) is 0.441. The van der Waals surface area contributed by atoms with Gasteiger partial charge in [0.25, 0.3) is 10.1 Å². The summed E-state index contributed by atoms with van der Waals surface area (Å²) in [5, 5.41) is 32.2. The van der Waals surface area contributed by atoms with Crippen LogP contribution in [0.2, 0.25) is 0 Å². The lowest BCUT2D eigenvalue weighted by Gasteiger charge is -2.42. The number of carboxylic acids is 1. The molecule has 1 heterocycles. The number of aliphatic carboxylic acids is 1. The smallest absolute Gasteiger partial charge is 0.313 e. The summed E-state index contributed by atoms with van der Waals surface area (Å²) in [5.41, 5.74) is 6.25. The fourth-order valence-electron chi connectivity index (χ4n) is 5.67. The van der Waals surface area contributed by atoms with E-state index in [2.05, 4.69) is 4.90 Å². The number of aliphatic hydroxyl groups excluding tert-OH is 1. The van der Waals surface area contributed by atoms with E-state index in [1.165, 1.54) is 0 Å². The molecule has 0 bridgehead atoms. The van der Waals surface area contributed by atoms with Crippen molar-refractivity contribution in [2.75, 3.05) is 31.9 Å². The van der Waals surface area contributed by atoms with Crippen LogP contribution in [0.15, 0.2) is 84.9 Å². The van der Waals surface area contributed by atoms with Crippen LogP contribution in [-0.4, -0.2) is 71.1 Å². The van der Waals surface area contributed by atoms with Gasteiger partial charge in [0.05, 0.1) is 17.3 Å². The van der Waals surface area contributed by atoms with Crippen LogP contribution in [0.1, 0.15) is 67.9 Å². The first-order valence-corrected chi connectivity index (χ1v) is 16.6. The summed E-state index contributed by atoms with van der Waals surface area (Å²) < 4.78 is 27.3. The Hall–Kier alpha value is -3.12. The number of likely N-dealkylation sites (tertiary alicyclic amines) is 1. The molecule has 240 valence electrons. The summed E-state index contributed by atoms with van der Waals surface area (Å²) in [7, 11) is -3.80. The van der Waals surface area contributed by atoms with Crippen molar-refractivity contribution in [1.82, 2.24) is 4.90 Å². The Morgan fingerprint density at radius 1 is 0.909 bits per heavy atom. The van der Waals surface area contributed by atoms with Crippen LogP contribution in [0.5, 0.6) is 0 Å². The van der Waals surface area contributed by atoms with Gasteiger partial charge in [-0.3, -0.25) is 9.35 Å². The first-order valence-electron chi connectivity index (χ1n) is 15.0. The number of hydrogen-bond acceptors (Lipinski definition) is 7. The van der Waals surface area contributed by atoms with Crippen LogP contribution in [0.25, 0.3) is 0 Å². The van der Waals surface area contributed by atoms with Gasteiger partial charge in [-0.25, -0.2) is 0 Å². The predicted molar refractivity (Wildman–Crippen MR) is 172 cm³/mol. The van der Waals surface area contributed by atoms with Crippen molar-refractivity contribution in [2.24, 2.45) is 11.7 Å². The minimum absolute atomic E-state index is 0.0289. The molecule has 0 aromatic heterocycles. The van der Waals surface area contributed by atoms with Gasteiger partial charge in [-0.1, -0.05) is 84.9 Å². The zero-order chi connectivity index (χ0) is 32.4. The lowest BCUT2D eigenvalue weighted by molar-refractivity contribution is -0.142. The maximum absolute atomic E-state index is 12.1. The molecule has 1 fully saturated rings. The third-order valence-corrected chi connectivity index (χ3v) is 9.24. The molecule has 6 N–H and O–H groups in total. The van der Waals surface area contributed by atoms with Gasteiger partial charge in [0.15, 0.2) is 0 Å². The second-order valence-electron chi connectivity index (χ2n) is 11.9. The molecule has 0 spiro atoms. The number of benzene rings is 3. The van der Waals surface area contributed by atoms with Crippen molar-refractivity contribution in [1.29, 1.82) is 0 Å². The van der Waals surface area contributed by atoms with Crippen LogP contribution in [0.4, 0.5) is 0 Å². The molecule has 0 radical (unpaired) electrons. The highest BCUT2D eigenvalue weighted by molar-refractivity contribution is 7.85. The highest BCUT2D eigenvalue weighted by Crippen LogP contribution is 2.42. The van der Waals surface area contributed by atoms with Crippen molar-refractivity contribution in [2.45, 2.75) is 56.7 Å². The lowest BCUT2D eigenvalue weighted by atomic mass is 9.72. The molecule has 0 saturated carbocycles. The van der Waals surface area contributed by atoms with Crippen LogP contribution >= 0.6 is 0 Å². The first-order chi connectivity index (χ1) is 20.8. The Balaban J connectivity index is 0.000000676. The molecule has 1 atom stereocenters. The molecule has 4 rings (SSSR count). The zero-order valence-electron chi connectivity index (χ0n) is 25.5. The molecule has 1 aliphatic rings. The topological polar surface area (TPSA) is 161 Å². The van der Waals surface area contributed by atoms with Gasteiger partial charge < -0.3 is 26.0 Å². The Bertz CT molecular complexity index is 1370. The number of carbonyl (C=O) groups is 1. The molecular formula is C34H46N2O7S. The monoisotopic (exact) mass is 626 g/mol.